The summed E-state index contributed by atoms with van der Waals surface area (Å²) < 4.78 is 1.26. The predicted molar refractivity (Wildman–Crippen MR) is 117 cm³/mol. The van der Waals surface area contributed by atoms with Crippen LogP contribution in [0.5, 0.6) is 0 Å². The molecule has 162 valence electrons. The first-order valence-electron chi connectivity index (χ1n) is 9.81. The zero-order valence-electron chi connectivity index (χ0n) is 16.1. The van der Waals surface area contributed by atoms with Gasteiger partial charge >= 0.3 is 5.97 Å². The average Bonchev–Trinajstić information content (AvgIpc) is 3.11. The van der Waals surface area contributed by atoms with E-state index in [-0.39, 0.29) is 18.3 Å². The van der Waals surface area contributed by atoms with Gasteiger partial charge in [-0.2, -0.15) is 0 Å². The quantitative estimate of drug-likeness (QED) is 0.287. The Morgan fingerprint density at radius 3 is 2.69 bits per heavy atom. The minimum Gasteiger partial charge on any atom is -0.481 e. The second-order valence-corrected chi connectivity index (χ2v) is 9.73. The molecule has 29 heavy (non-hydrogen) atoms. The van der Waals surface area contributed by atoms with E-state index < -0.39 is 24.3 Å². The molecular weight excluding hydrogens is 435 g/mol. The molecule has 0 aliphatic heterocycles. The molecule has 0 aromatic carbocycles. The van der Waals surface area contributed by atoms with Crippen LogP contribution in [-0.4, -0.2) is 44.7 Å². The van der Waals surface area contributed by atoms with Crippen LogP contribution in [0.15, 0.2) is 30.4 Å². The zero-order valence-corrected chi connectivity index (χ0v) is 18.4. The van der Waals surface area contributed by atoms with Crippen LogP contribution in [0.2, 0.25) is 8.67 Å². The van der Waals surface area contributed by atoms with E-state index in [2.05, 4.69) is 0 Å². The molecule has 0 bridgehead atoms. The fourth-order valence-electron chi connectivity index (χ4n) is 3.65. The highest BCUT2D eigenvalue weighted by Crippen LogP contribution is 2.36. The Morgan fingerprint density at radius 1 is 1.28 bits per heavy atom. The maximum atomic E-state index is 10.5. The molecule has 0 radical (unpaired) electrons. The van der Waals surface area contributed by atoms with E-state index in [0.717, 1.165) is 5.56 Å². The normalized spacial score (nSPS) is 26.0. The van der Waals surface area contributed by atoms with Crippen molar-refractivity contribution in [2.75, 3.05) is 0 Å². The number of carboxylic acids is 1. The number of carbonyl (C=O) groups is 1. The van der Waals surface area contributed by atoms with Gasteiger partial charge in [-0.05, 0) is 49.7 Å². The molecule has 5 unspecified atom stereocenters. The van der Waals surface area contributed by atoms with Gasteiger partial charge in [0, 0.05) is 18.8 Å². The maximum absolute atomic E-state index is 10.5. The maximum Gasteiger partial charge on any atom is 0.303 e. The Morgan fingerprint density at radius 2 is 2.03 bits per heavy atom. The smallest absolute Gasteiger partial charge is 0.303 e. The van der Waals surface area contributed by atoms with E-state index in [1.165, 1.54) is 11.3 Å². The van der Waals surface area contributed by atoms with Gasteiger partial charge in [0.25, 0.3) is 0 Å². The largest absolute Gasteiger partial charge is 0.481 e. The Bertz CT molecular complexity index is 718. The highest BCUT2D eigenvalue weighted by Gasteiger charge is 2.39. The standard InChI is InChI=1S/C21H28Cl2O5S/c22-19-11-13(21(23)29-19)7-8-14(24)9-10-16-15(17(25)12-18(16)26)5-3-1-2-4-6-20(27)28/h1,3,9-11,14-18,24-26H,2,4-8,12H2,(H,27,28)/b3-1+,10-9+. The van der Waals surface area contributed by atoms with Crippen molar-refractivity contribution in [3.05, 3.63) is 44.6 Å². The van der Waals surface area contributed by atoms with E-state index in [4.69, 9.17) is 28.3 Å². The number of aliphatic carboxylic acids is 1. The van der Waals surface area contributed by atoms with Gasteiger partial charge in [0.15, 0.2) is 0 Å². The molecule has 1 aliphatic rings. The first-order chi connectivity index (χ1) is 13.8. The van der Waals surface area contributed by atoms with Crippen LogP contribution in [0.3, 0.4) is 0 Å². The lowest BCUT2D eigenvalue weighted by Gasteiger charge is -2.19. The average molecular weight is 463 g/mol. The van der Waals surface area contributed by atoms with Gasteiger partial charge in [-0.15, -0.1) is 11.3 Å². The molecule has 1 heterocycles. The number of allylic oxidation sites excluding steroid dienone is 2. The summed E-state index contributed by atoms with van der Waals surface area (Å²) in [5.41, 5.74) is 0.913. The van der Waals surface area contributed by atoms with Gasteiger partial charge in [-0.1, -0.05) is 47.5 Å². The number of unbranched alkanes of at least 4 members (excludes halogenated alkanes) is 1. The van der Waals surface area contributed by atoms with Crippen LogP contribution >= 0.6 is 34.5 Å². The van der Waals surface area contributed by atoms with Crippen molar-refractivity contribution in [1.29, 1.82) is 0 Å². The number of thiophene rings is 1. The number of carboxylic acid groups (broad SMARTS) is 1. The van der Waals surface area contributed by atoms with Crippen molar-refractivity contribution in [3.63, 3.8) is 0 Å². The lowest BCUT2D eigenvalue weighted by Crippen LogP contribution is -2.20. The van der Waals surface area contributed by atoms with E-state index >= 15 is 0 Å². The topological polar surface area (TPSA) is 98.0 Å². The summed E-state index contributed by atoms with van der Waals surface area (Å²) in [5, 5.41) is 39.4. The number of aryl methyl sites for hydroxylation is 1. The fraction of sp³-hybridized carbons (Fsp3) is 0.571. The summed E-state index contributed by atoms with van der Waals surface area (Å²) in [5.74, 6) is -1.17. The number of hydrogen-bond donors (Lipinski definition) is 4. The van der Waals surface area contributed by atoms with Gasteiger partial charge < -0.3 is 20.4 Å². The second kappa shape index (κ2) is 12.1. The van der Waals surface area contributed by atoms with E-state index in [1.54, 1.807) is 18.2 Å². The van der Waals surface area contributed by atoms with Crippen molar-refractivity contribution < 1.29 is 25.2 Å². The molecule has 4 N–H and O–H groups in total. The SMILES string of the molecule is O=C(O)CCC/C=C/CC1C(O)CC(O)C1/C=C/C(O)CCc1cc(Cl)sc1Cl. The van der Waals surface area contributed by atoms with Crippen molar-refractivity contribution >= 4 is 40.5 Å². The summed E-state index contributed by atoms with van der Waals surface area (Å²) >= 11 is 13.3. The van der Waals surface area contributed by atoms with Gasteiger partial charge in [-0.25, -0.2) is 0 Å². The molecule has 1 aliphatic carbocycles. The van der Waals surface area contributed by atoms with Crippen LogP contribution in [0.25, 0.3) is 0 Å². The molecule has 1 aromatic rings. The van der Waals surface area contributed by atoms with E-state index in [9.17, 15) is 20.1 Å². The third-order valence-corrected chi connectivity index (χ3v) is 6.81. The van der Waals surface area contributed by atoms with Gasteiger partial charge in [0.05, 0.1) is 27.0 Å². The third kappa shape index (κ3) is 8.04. The van der Waals surface area contributed by atoms with Crippen molar-refractivity contribution in [1.82, 2.24) is 0 Å². The van der Waals surface area contributed by atoms with Gasteiger partial charge in [0.2, 0.25) is 0 Å². The van der Waals surface area contributed by atoms with Crippen molar-refractivity contribution in [2.45, 2.75) is 63.3 Å². The molecule has 8 heteroatoms. The Kier molecular flexibility index (Phi) is 10.2. The fourth-order valence-corrected chi connectivity index (χ4v) is 5.19. The minimum atomic E-state index is -0.805. The predicted octanol–water partition coefficient (Wildman–Crippen LogP) is 4.46. The van der Waals surface area contributed by atoms with Gasteiger partial charge in [0.1, 0.15) is 0 Å². The number of aliphatic hydroxyl groups excluding tert-OH is 3. The molecule has 0 amide bonds. The highest BCUT2D eigenvalue weighted by atomic mass is 35.5. The number of hydrogen-bond acceptors (Lipinski definition) is 5. The monoisotopic (exact) mass is 462 g/mol. The Balaban J connectivity index is 1.84. The van der Waals surface area contributed by atoms with Crippen LogP contribution < -0.4 is 0 Å². The zero-order chi connectivity index (χ0) is 21.4. The first kappa shape index (κ1) is 24.4. The number of halogens is 2. The van der Waals surface area contributed by atoms with Crippen LogP contribution in [0.1, 0.15) is 44.1 Å². The van der Waals surface area contributed by atoms with Crippen molar-refractivity contribution in [2.24, 2.45) is 11.8 Å². The summed E-state index contributed by atoms with van der Waals surface area (Å²) in [4.78, 5) is 10.5. The van der Waals surface area contributed by atoms with Crippen LogP contribution in [-0.2, 0) is 11.2 Å². The van der Waals surface area contributed by atoms with Crippen LogP contribution in [0, 0.1) is 11.8 Å². The van der Waals surface area contributed by atoms with E-state index in [0.29, 0.717) is 47.2 Å². The highest BCUT2D eigenvalue weighted by molar-refractivity contribution is 7.20. The summed E-state index contributed by atoms with van der Waals surface area (Å²) in [7, 11) is 0. The number of rotatable bonds is 11. The van der Waals surface area contributed by atoms with E-state index in [1.807, 2.05) is 12.2 Å². The Labute approximate surface area is 185 Å². The summed E-state index contributed by atoms with van der Waals surface area (Å²) in [6.45, 7) is 0. The minimum absolute atomic E-state index is 0.130. The third-order valence-electron chi connectivity index (χ3n) is 5.24. The molecule has 5 atom stereocenters. The second-order valence-electron chi connectivity index (χ2n) is 7.45. The summed E-state index contributed by atoms with van der Waals surface area (Å²) in [6.07, 6.45) is 8.80. The van der Waals surface area contributed by atoms with Crippen molar-refractivity contribution in [3.8, 4) is 0 Å². The lowest BCUT2D eigenvalue weighted by atomic mass is 9.89. The molecule has 2 rings (SSSR count). The molecule has 1 saturated carbocycles. The first-order valence-corrected chi connectivity index (χ1v) is 11.4. The van der Waals surface area contributed by atoms with Crippen LogP contribution in [0.4, 0.5) is 0 Å². The summed E-state index contributed by atoms with van der Waals surface area (Å²) in [6, 6.07) is 1.81. The molecule has 0 saturated heterocycles. The molecule has 0 spiro atoms. The molecular formula is C21H28Cl2O5S. The molecule has 1 aromatic heterocycles. The lowest BCUT2D eigenvalue weighted by molar-refractivity contribution is -0.137. The number of aliphatic hydroxyl groups is 3. The van der Waals surface area contributed by atoms with Gasteiger partial charge in [-0.3, -0.25) is 4.79 Å². The Hall–Kier alpha value is -0.890. The molecule has 5 nitrogen and oxygen atoms in total. The molecule has 1 fully saturated rings.